The highest BCUT2D eigenvalue weighted by molar-refractivity contribution is 5.66. The Bertz CT molecular complexity index is 622. The summed E-state index contributed by atoms with van der Waals surface area (Å²) < 4.78 is 10.3. The Morgan fingerprint density at radius 3 is 2.54 bits per heavy atom. The van der Waals surface area contributed by atoms with Crippen LogP contribution < -0.4 is 10.2 Å². The summed E-state index contributed by atoms with van der Waals surface area (Å²) in [4.78, 5) is 16.1. The maximum atomic E-state index is 11.4. The molecule has 1 amide bonds. The first-order chi connectivity index (χ1) is 11.8. The molecule has 1 saturated heterocycles. The monoisotopic (exact) mass is 329 g/mol. The number of nitrogens with one attached hydrogen (secondary N) is 1. The molecule has 6 heteroatoms. The molecule has 1 aliphatic heterocycles. The Morgan fingerprint density at radius 2 is 1.92 bits per heavy atom. The molecule has 6 nitrogen and oxygen atoms in total. The highest BCUT2D eigenvalue weighted by Crippen LogP contribution is 2.24. The summed E-state index contributed by atoms with van der Waals surface area (Å²) in [6, 6.07) is 14.3. The van der Waals surface area contributed by atoms with Crippen molar-refractivity contribution >= 4 is 11.8 Å². The number of carbonyl (C=O) groups is 1. The van der Waals surface area contributed by atoms with E-state index in [9.17, 15) is 4.79 Å². The number of alkyl carbamates (subject to hydrolysis) is 1. The average molecular weight is 329 g/mol. The standard InChI is InChI=1S/C18H23N3O3/c1-23-18(22)19-14-16(17-8-5-13-24-17)21-11-9-20(10-12-21)15-6-3-2-4-7-15/h2-8,13,16H,9-12,14H2,1H3,(H,19,22)/t16-/m0/s1. The average Bonchev–Trinajstić information content (AvgIpc) is 3.17. The molecule has 128 valence electrons. The van der Waals surface area contributed by atoms with Crippen molar-refractivity contribution in [2.75, 3.05) is 44.7 Å². The highest BCUT2D eigenvalue weighted by atomic mass is 16.5. The topological polar surface area (TPSA) is 58.0 Å². The molecule has 0 radical (unpaired) electrons. The summed E-state index contributed by atoms with van der Waals surface area (Å²) in [5, 5.41) is 2.78. The largest absolute Gasteiger partial charge is 0.468 e. The number of amides is 1. The Hall–Kier alpha value is -2.47. The smallest absolute Gasteiger partial charge is 0.406 e. The molecule has 0 spiro atoms. The minimum Gasteiger partial charge on any atom is -0.468 e. The summed E-state index contributed by atoms with van der Waals surface area (Å²) in [5.74, 6) is 0.861. The zero-order valence-electron chi connectivity index (χ0n) is 13.9. The van der Waals surface area contributed by atoms with Gasteiger partial charge in [0.1, 0.15) is 5.76 Å². The van der Waals surface area contributed by atoms with Gasteiger partial charge < -0.3 is 19.4 Å². The van der Waals surface area contributed by atoms with Crippen molar-refractivity contribution in [1.82, 2.24) is 10.2 Å². The fourth-order valence-electron chi connectivity index (χ4n) is 3.07. The Balaban J connectivity index is 1.63. The van der Waals surface area contributed by atoms with Gasteiger partial charge in [0.05, 0.1) is 19.4 Å². The number of ether oxygens (including phenoxy) is 1. The predicted octanol–water partition coefficient (Wildman–Crippen LogP) is 2.50. The third kappa shape index (κ3) is 3.89. The molecule has 0 aliphatic carbocycles. The number of hydrogen-bond acceptors (Lipinski definition) is 5. The number of carbonyl (C=O) groups excluding carboxylic acids is 1. The lowest BCUT2D eigenvalue weighted by Gasteiger charge is -2.39. The first-order valence-corrected chi connectivity index (χ1v) is 8.17. The van der Waals surface area contributed by atoms with Gasteiger partial charge in [0, 0.05) is 38.4 Å². The lowest BCUT2D eigenvalue weighted by Crippen LogP contribution is -2.49. The van der Waals surface area contributed by atoms with Gasteiger partial charge in [-0.1, -0.05) is 18.2 Å². The molecule has 1 aromatic carbocycles. The van der Waals surface area contributed by atoms with Crippen LogP contribution in [0.3, 0.4) is 0 Å². The second kappa shape index (κ2) is 7.88. The fourth-order valence-corrected chi connectivity index (χ4v) is 3.07. The van der Waals surface area contributed by atoms with E-state index >= 15 is 0 Å². The molecule has 1 fully saturated rings. The van der Waals surface area contributed by atoms with Crippen molar-refractivity contribution in [3.63, 3.8) is 0 Å². The van der Waals surface area contributed by atoms with Crippen molar-refractivity contribution in [3.8, 4) is 0 Å². The van der Waals surface area contributed by atoms with E-state index in [0.29, 0.717) is 6.54 Å². The molecule has 1 N–H and O–H groups in total. The van der Waals surface area contributed by atoms with Crippen LogP contribution in [0.2, 0.25) is 0 Å². The minimum atomic E-state index is -0.422. The molecule has 0 unspecified atom stereocenters. The van der Waals surface area contributed by atoms with Crippen LogP contribution in [0.5, 0.6) is 0 Å². The van der Waals surface area contributed by atoms with Crippen molar-refractivity contribution in [3.05, 3.63) is 54.5 Å². The van der Waals surface area contributed by atoms with E-state index in [4.69, 9.17) is 4.42 Å². The Kier molecular flexibility index (Phi) is 5.38. The first kappa shape index (κ1) is 16.4. The van der Waals surface area contributed by atoms with Gasteiger partial charge in [0.25, 0.3) is 0 Å². The number of rotatable bonds is 5. The van der Waals surface area contributed by atoms with E-state index in [1.54, 1.807) is 6.26 Å². The minimum absolute atomic E-state index is 0.0111. The van der Waals surface area contributed by atoms with Crippen molar-refractivity contribution in [2.45, 2.75) is 6.04 Å². The lowest BCUT2D eigenvalue weighted by atomic mass is 10.1. The molecule has 2 heterocycles. The van der Waals surface area contributed by atoms with Crippen LogP contribution in [0.1, 0.15) is 11.8 Å². The summed E-state index contributed by atoms with van der Waals surface area (Å²) >= 11 is 0. The van der Waals surface area contributed by atoms with Gasteiger partial charge in [0.2, 0.25) is 0 Å². The van der Waals surface area contributed by atoms with Gasteiger partial charge in [-0.15, -0.1) is 0 Å². The second-order valence-corrected chi connectivity index (χ2v) is 5.76. The Labute approximate surface area is 142 Å². The number of anilines is 1. The van der Waals surface area contributed by atoms with E-state index in [0.717, 1.165) is 31.9 Å². The van der Waals surface area contributed by atoms with Gasteiger partial charge >= 0.3 is 6.09 Å². The number of benzene rings is 1. The lowest BCUT2D eigenvalue weighted by molar-refractivity contribution is 0.145. The number of nitrogens with zero attached hydrogens (tertiary/aromatic N) is 2. The Morgan fingerprint density at radius 1 is 1.17 bits per heavy atom. The van der Waals surface area contributed by atoms with Crippen LogP contribution in [0.25, 0.3) is 0 Å². The maximum absolute atomic E-state index is 11.4. The molecular formula is C18H23N3O3. The highest BCUT2D eigenvalue weighted by Gasteiger charge is 2.27. The first-order valence-electron chi connectivity index (χ1n) is 8.17. The normalized spacial score (nSPS) is 16.6. The third-order valence-corrected chi connectivity index (χ3v) is 4.37. The summed E-state index contributed by atoms with van der Waals surface area (Å²) in [7, 11) is 1.37. The number of hydrogen-bond donors (Lipinski definition) is 1. The molecule has 24 heavy (non-hydrogen) atoms. The van der Waals surface area contributed by atoms with Crippen LogP contribution in [-0.2, 0) is 4.74 Å². The molecular weight excluding hydrogens is 306 g/mol. The van der Waals surface area contributed by atoms with Gasteiger partial charge in [-0.25, -0.2) is 4.79 Å². The molecule has 0 bridgehead atoms. The van der Waals surface area contributed by atoms with Crippen LogP contribution in [0, 0.1) is 0 Å². The summed E-state index contributed by atoms with van der Waals surface area (Å²) in [6.07, 6.45) is 1.25. The second-order valence-electron chi connectivity index (χ2n) is 5.76. The number of methoxy groups -OCH3 is 1. The third-order valence-electron chi connectivity index (χ3n) is 4.37. The van der Waals surface area contributed by atoms with Gasteiger partial charge in [-0.2, -0.15) is 0 Å². The van der Waals surface area contributed by atoms with Crippen LogP contribution in [0.4, 0.5) is 10.5 Å². The number of para-hydroxylation sites is 1. The van der Waals surface area contributed by atoms with Crippen LogP contribution in [-0.4, -0.2) is 50.8 Å². The number of piperazine rings is 1. The van der Waals surface area contributed by atoms with E-state index in [1.165, 1.54) is 12.8 Å². The van der Waals surface area contributed by atoms with E-state index < -0.39 is 6.09 Å². The van der Waals surface area contributed by atoms with E-state index in [-0.39, 0.29) is 6.04 Å². The zero-order valence-corrected chi connectivity index (χ0v) is 13.9. The molecule has 2 aromatic rings. The van der Waals surface area contributed by atoms with Gasteiger partial charge in [0.15, 0.2) is 0 Å². The maximum Gasteiger partial charge on any atom is 0.406 e. The zero-order chi connectivity index (χ0) is 16.8. The fraction of sp³-hybridized carbons (Fsp3) is 0.389. The molecule has 0 saturated carbocycles. The van der Waals surface area contributed by atoms with E-state index in [2.05, 4.69) is 44.1 Å². The van der Waals surface area contributed by atoms with Crippen molar-refractivity contribution in [2.24, 2.45) is 0 Å². The van der Waals surface area contributed by atoms with Gasteiger partial charge in [-0.05, 0) is 24.3 Å². The van der Waals surface area contributed by atoms with Crippen molar-refractivity contribution < 1.29 is 13.9 Å². The SMILES string of the molecule is COC(=O)NC[C@@H](c1ccco1)N1CCN(c2ccccc2)CC1. The summed E-state index contributed by atoms with van der Waals surface area (Å²) in [6.45, 7) is 4.16. The van der Waals surface area contributed by atoms with Crippen LogP contribution in [0.15, 0.2) is 53.1 Å². The molecule has 1 aromatic heterocycles. The summed E-state index contributed by atoms with van der Waals surface area (Å²) in [5.41, 5.74) is 1.25. The predicted molar refractivity (Wildman–Crippen MR) is 92.1 cm³/mol. The van der Waals surface area contributed by atoms with Crippen LogP contribution >= 0.6 is 0 Å². The van der Waals surface area contributed by atoms with E-state index in [1.807, 2.05) is 18.2 Å². The quantitative estimate of drug-likeness (QED) is 0.913. The van der Waals surface area contributed by atoms with Crippen molar-refractivity contribution in [1.29, 1.82) is 0 Å². The number of furan rings is 1. The molecule has 3 rings (SSSR count). The molecule has 1 aliphatic rings. The van der Waals surface area contributed by atoms with Gasteiger partial charge in [-0.3, -0.25) is 4.90 Å². The molecule has 1 atom stereocenters.